The van der Waals surface area contributed by atoms with Crippen LogP contribution in [-0.2, 0) is 16.1 Å². The maximum Gasteiger partial charge on any atom is 0.329 e. The molecule has 0 unspecified atom stereocenters. The van der Waals surface area contributed by atoms with Gasteiger partial charge in [0.15, 0.2) is 0 Å². The van der Waals surface area contributed by atoms with Crippen LogP contribution in [0.4, 0.5) is 0 Å². The van der Waals surface area contributed by atoms with E-state index in [2.05, 4.69) is 20.7 Å². The Bertz CT molecular complexity index is 768. The lowest BCUT2D eigenvalue weighted by Gasteiger charge is -2.33. The lowest BCUT2D eigenvalue weighted by molar-refractivity contribution is -0.148. The summed E-state index contributed by atoms with van der Waals surface area (Å²) in [6, 6.07) is 7.66. The van der Waals surface area contributed by atoms with Gasteiger partial charge in [0.2, 0.25) is 11.7 Å². The monoisotopic (exact) mass is 361 g/mol. The number of hydrogen-bond donors (Lipinski definition) is 2. The van der Waals surface area contributed by atoms with Crippen LogP contribution in [0.15, 0.2) is 24.3 Å². The third kappa shape index (κ3) is 3.98. The van der Waals surface area contributed by atoms with E-state index in [-0.39, 0.29) is 6.54 Å². The van der Waals surface area contributed by atoms with Crippen LogP contribution in [0.2, 0.25) is 0 Å². The number of amides is 1. The third-order valence-corrected chi connectivity index (χ3v) is 5.17. The van der Waals surface area contributed by atoms with Crippen LogP contribution in [-0.4, -0.2) is 54.2 Å². The average Bonchev–Trinajstić information content (AvgIpc) is 3.04. The summed E-state index contributed by atoms with van der Waals surface area (Å²) in [7, 11) is 0. The molecular formula is C16H19N5O3S. The third-order valence-electron chi connectivity index (χ3n) is 4.18. The Morgan fingerprint density at radius 2 is 1.96 bits per heavy atom. The van der Waals surface area contributed by atoms with Crippen molar-refractivity contribution in [2.45, 2.75) is 31.8 Å². The first kappa shape index (κ1) is 17.4. The van der Waals surface area contributed by atoms with Crippen molar-refractivity contribution in [3.05, 3.63) is 29.8 Å². The largest absolute Gasteiger partial charge is 0.480 e. The Hall–Kier alpha value is -2.42. The summed E-state index contributed by atoms with van der Waals surface area (Å²) >= 11 is 1.69. The van der Waals surface area contributed by atoms with Crippen LogP contribution in [0.25, 0.3) is 11.4 Å². The van der Waals surface area contributed by atoms with E-state index in [9.17, 15) is 14.7 Å². The minimum atomic E-state index is -1.19. The van der Waals surface area contributed by atoms with Gasteiger partial charge >= 0.3 is 5.97 Å². The van der Waals surface area contributed by atoms with E-state index >= 15 is 0 Å². The van der Waals surface area contributed by atoms with Crippen LogP contribution < -0.4 is 5.32 Å². The summed E-state index contributed by atoms with van der Waals surface area (Å²) in [5.74, 6) is 0.433. The van der Waals surface area contributed by atoms with Gasteiger partial charge in [-0.2, -0.15) is 16.6 Å². The summed E-state index contributed by atoms with van der Waals surface area (Å²) in [4.78, 5) is 25.1. The van der Waals surface area contributed by atoms with Crippen LogP contribution in [0, 0.1) is 6.92 Å². The summed E-state index contributed by atoms with van der Waals surface area (Å²) in [5.41, 5.74) is 0.742. The Morgan fingerprint density at radius 3 is 2.60 bits per heavy atom. The molecule has 1 amide bonds. The van der Waals surface area contributed by atoms with Gasteiger partial charge in [-0.15, -0.1) is 10.2 Å². The second kappa shape index (κ2) is 7.22. The molecule has 0 atom stereocenters. The molecule has 0 radical (unpaired) electrons. The van der Waals surface area contributed by atoms with Crippen molar-refractivity contribution < 1.29 is 14.7 Å². The first-order chi connectivity index (χ1) is 12.0. The normalized spacial score (nSPS) is 16.4. The number of rotatable bonds is 5. The molecule has 0 aliphatic carbocycles. The number of aromatic nitrogens is 4. The summed E-state index contributed by atoms with van der Waals surface area (Å²) in [6.45, 7) is 1.82. The molecule has 2 N–H and O–H groups in total. The molecule has 0 spiro atoms. The van der Waals surface area contributed by atoms with Crippen LogP contribution >= 0.6 is 11.8 Å². The minimum absolute atomic E-state index is 0.166. The van der Waals surface area contributed by atoms with E-state index in [0.29, 0.717) is 30.2 Å². The number of aliphatic carboxylic acids is 1. The molecule has 0 saturated carbocycles. The zero-order valence-corrected chi connectivity index (χ0v) is 14.6. The van der Waals surface area contributed by atoms with Gasteiger partial charge in [0.1, 0.15) is 12.1 Å². The molecule has 1 aromatic carbocycles. The molecule has 1 saturated heterocycles. The maximum atomic E-state index is 12.3. The van der Waals surface area contributed by atoms with E-state index in [4.69, 9.17) is 0 Å². The fourth-order valence-corrected chi connectivity index (χ4v) is 3.87. The van der Waals surface area contributed by atoms with Crippen molar-refractivity contribution >= 4 is 23.6 Å². The maximum absolute atomic E-state index is 12.3. The fourth-order valence-electron chi connectivity index (χ4n) is 2.68. The van der Waals surface area contributed by atoms with E-state index in [1.807, 2.05) is 31.2 Å². The SMILES string of the molecule is Cc1ccc(-c2nnn(CC(=O)NC3(C(=O)O)CCSCC3)n2)cc1. The van der Waals surface area contributed by atoms with Gasteiger partial charge in [0.25, 0.3) is 0 Å². The summed E-state index contributed by atoms with van der Waals surface area (Å²) in [6.07, 6.45) is 0.830. The quantitative estimate of drug-likeness (QED) is 0.821. The Morgan fingerprint density at radius 1 is 1.28 bits per heavy atom. The van der Waals surface area contributed by atoms with Crippen LogP contribution in [0.1, 0.15) is 18.4 Å². The first-order valence-corrected chi connectivity index (χ1v) is 9.11. The number of nitrogens with zero attached hydrogens (tertiary/aromatic N) is 4. The average molecular weight is 361 g/mol. The molecule has 1 aliphatic heterocycles. The Labute approximate surface area is 149 Å². The van der Waals surface area contributed by atoms with Gasteiger partial charge in [-0.05, 0) is 36.5 Å². The van der Waals surface area contributed by atoms with Gasteiger partial charge < -0.3 is 10.4 Å². The number of carboxylic acid groups (broad SMARTS) is 1. The Balaban J connectivity index is 1.67. The zero-order chi connectivity index (χ0) is 17.9. The summed E-state index contributed by atoms with van der Waals surface area (Å²) < 4.78 is 0. The number of nitrogens with one attached hydrogen (secondary N) is 1. The van der Waals surface area contributed by atoms with E-state index in [1.165, 1.54) is 4.80 Å². The highest BCUT2D eigenvalue weighted by Gasteiger charge is 2.41. The molecule has 3 rings (SSSR count). The van der Waals surface area contributed by atoms with Crippen molar-refractivity contribution in [3.63, 3.8) is 0 Å². The second-order valence-electron chi connectivity index (χ2n) is 6.06. The second-order valence-corrected chi connectivity index (χ2v) is 7.28. The predicted octanol–water partition coefficient (Wildman–Crippen LogP) is 1.12. The van der Waals surface area contributed by atoms with Gasteiger partial charge in [-0.3, -0.25) is 4.79 Å². The number of carbonyl (C=O) groups excluding carboxylic acids is 1. The molecule has 1 fully saturated rings. The number of thioether (sulfide) groups is 1. The molecule has 0 bridgehead atoms. The number of tetrazole rings is 1. The molecule has 1 aliphatic rings. The molecule has 132 valence electrons. The first-order valence-electron chi connectivity index (χ1n) is 7.95. The van der Waals surface area contributed by atoms with Gasteiger partial charge in [-0.25, -0.2) is 4.79 Å². The van der Waals surface area contributed by atoms with Crippen molar-refractivity contribution in [3.8, 4) is 11.4 Å². The van der Waals surface area contributed by atoms with E-state index in [1.54, 1.807) is 11.8 Å². The zero-order valence-electron chi connectivity index (χ0n) is 13.8. The lowest BCUT2D eigenvalue weighted by Crippen LogP contribution is -2.57. The highest BCUT2D eigenvalue weighted by molar-refractivity contribution is 7.99. The van der Waals surface area contributed by atoms with Crippen molar-refractivity contribution in [2.75, 3.05) is 11.5 Å². The van der Waals surface area contributed by atoms with Crippen molar-refractivity contribution in [2.24, 2.45) is 0 Å². The van der Waals surface area contributed by atoms with Gasteiger partial charge in [-0.1, -0.05) is 29.8 Å². The van der Waals surface area contributed by atoms with Crippen LogP contribution in [0.5, 0.6) is 0 Å². The van der Waals surface area contributed by atoms with E-state index < -0.39 is 17.4 Å². The summed E-state index contributed by atoms with van der Waals surface area (Å²) in [5, 5.41) is 24.2. The molecule has 8 nitrogen and oxygen atoms in total. The highest BCUT2D eigenvalue weighted by atomic mass is 32.2. The molecular weight excluding hydrogens is 342 g/mol. The lowest BCUT2D eigenvalue weighted by atomic mass is 9.92. The molecule has 2 heterocycles. The van der Waals surface area contributed by atoms with E-state index in [0.717, 1.165) is 11.1 Å². The molecule has 2 aromatic rings. The smallest absolute Gasteiger partial charge is 0.329 e. The highest BCUT2D eigenvalue weighted by Crippen LogP contribution is 2.27. The molecule has 1 aromatic heterocycles. The Kier molecular flexibility index (Phi) is 5.03. The number of benzene rings is 1. The standard InChI is InChI=1S/C16H19N5O3S/c1-11-2-4-12(5-3-11)14-18-20-21(19-14)10-13(22)17-16(15(23)24)6-8-25-9-7-16/h2-5H,6-10H2,1H3,(H,17,22)(H,23,24). The number of hydrogen-bond acceptors (Lipinski definition) is 6. The molecule has 25 heavy (non-hydrogen) atoms. The van der Waals surface area contributed by atoms with Gasteiger partial charge in [0, 0.05) is 5.56 Å². The van der Waals surface area contributed by atoms with Crippen molar-refractivity contribution in [1.82, 2.24) is 25.5 Å². The van der Waals surface area contributed by atoms with Gasteiger partial charge in [0.05, 0.1) is 0 Å². The topological polar surface area (TPSA) is 110 Å². The molecule has 9 heteroatoms. The van der Waals surface area contributed by atoms with Crippen molar-refractivity contribution in [1.29, 1.82) is 0 Å². The minimum Gasteiger partial charge on any atom is -0.480 e. The predicted molar refractivity (Wildman–Crippen MR) is 93.1 cm³/mol. The fraction of sp³-hybridized carbons (Fsp3) is 0.438. The number of carboxylic acids is 1. The number of carbonyl (C=O) groups is 2. The number of aryl methyl sites for hydroxylation is 1. The van der Waals surface area contributed by atoms with Crippen LogP contribution in [0.3, 0.4) is 0 Å².